The average Bonchev–Trinajstić information content (AvgIpc) is 2.79. The molecular formula is C12H13F2N2O. The van der Waals surface area contributed by atoms with Crippen molar-refractivity contribution in [1.82, 2.24) is 0 Å². The predicted octanol–water partition coefficient (Wildman–Crippen LogP) is 2.10. The van der Waals surface area contributed by atoms with Gasteiger partial charge in [0.05, 0.1) is 5.69 Å². The van der Waals surface area contributed by atoms with Crippen LogP contribution in [0.25, 0.3) is 0 Å². The van der Waals surface area contributed by atoms with Crippen LogP contribution in [0, 0.1) is 11.6 Å². The van der Waals surface area contributed by atoms with Crippen LogP contribution in [0.15, 0.2) is 23.2 Å². The number of halogens is 2. The monoisotopic (exact) mass is 239 g/mol. The van der Waals surface area contributed by atoms with Crippen LogP contribution in [0.2, 0.25) is 0 Å². The second-order valence-corrected chi connectivity index (χ2v) is 3.82. The molecule has 0 spiro atoms. The van der Waals surface area contributed by atoms with Crippen LogP contribution >= 0.6 is 0 Å². The van der Waals surface area contributed by atoms with Crippen molar-refractivity contribution in [2.24, 2.45) is 4.99 Å². The van der Waals surface area contributed by atoms with E-state index < -0.39 is 11.6 Å². The highest BCUT2D eigenvalue weighted by atomic mass is 19.1. The first-order valence-electron chi connectivity index (χ1n) is 5.47. The largest absolute Gasteiger partial charge is 0.472 e. The first-order valence-corrected chi connectivity index (χ1v) is 5.47. The number of anilines is 1. The summed E-state index contributed by atoms with van der Waals surface area (Å²) in [4.78, 5) is 5.79. The molecule has 0 aromatic heterocycles. The lowest BCUT2D eigenvalue weighted by atomic mass is 10.2. The molecule has 0 aliphatic carbocycles. The molecule has 17 heavy (non-hydrogen) atoms. The second kappa shape index (κ2) is 5.12. The molecule has 2 rings (SSSR count). The molecule has 1 aromatic carbocycles. The third kappa shape index (κ3) is 2.72. The first-order chi connectivity index (χ1) is 8.20. The van der Waals surface area contributed by atoms with E-state index in [1.54, 1.807) is 4.90 Å². The number of rotatable bonds is 4. The molecule has 1 aliphatic rings. The molecule has 3 nitrogen and oxygen atoms in total. The van der Waals surface area contributed by atoms with Crippen LogP contribution < -0.4 is 4.90 Å². The van der Waals surface area contributed by atoms with Gasteiger partial charge < -0.3 is 9.64 Å². The smallest absolute Gasteiger partial charge is 0.273 e. The van der Waals surface area contributed by atoms with E-state index in [9.17, 15) is 8.78 Å². The second-order valence-electron chi connectivity index (χ2n) is 3.82. The fraction of sp³-hybridized carbons (Fsp3) is 0.417. The lowest BCUT2D eigenvalue weighted by Crippen LogP contribution is -2.32. The van der Waals surface area contributed by atoms with Crippen molar-refractivity contribution in [1.29, 1.82) is 0 Å². The third-order valence-corrected chi connectivity index (χ3v) is 2.64. The van der Waals surface area contributed by atoms with E-state index in [-0.39, 0.29) is 6.04 Å². The molecule has 91 valence electrons. The molecule has 0 saturated heterocycles. The van der Waals surface area contributed by atoms with E-state index in [0.29, 0.717) is 25.4 Å². The Morgan fingerprint density at radius 2 is 2.35 bits per heavy atom. The molecule has 1 aromatic rings. The van der Waals surface area contributed by atoms with Crippen molar-refractivity contribution in [3.63, 3.8) is 0 Å². The van der Waals surface area contributed by atoms with E-state index >= 15 is 0 Å². The average molecular weight is 239 g/mol. The highest BCUT2D eigenvalue weighted by Gasteiger charge is 2.18. The molecule has 0 bridgehead atoms. The van der Waals surface area contributed by atoms with Gasteiger partial charge in [0.25, 0.3) is 6.40 Å². The molecule has 0 amide bonds. The maximum atomic E-state index is 13.6. The van der Waals surface area contributed by atoms with E-state index in [4.69, 9.17) is 4.74 Å². The van der Waals surface area contributed by atoms with E-state index in [0.717, 1.165) is 6.07 Å². The van der Waals surface area contributed by atoms with Gasteiger partial charge in [0.1, 0.15) is 24.3 Å². The van der Waals surface area contributed by atoms with Gasteiger partial charge in [0.2, 0.25) is 0 Å². The summed E-state index contributed by atoms with van der Waals surface area (Å²) in [5, 5.41) is 0. The first kappa shape index (κ1) is 11.8. The van der Waals surface area contributed by atoms with Gasteiger partial charge in [-0.25, -0.2) is 13.8 Å². The molecule has 0 fully saturated rings. The Labute approximate surface area is 98.7 Å². The molecule has 1 aliphatic heterocycles. The minimum Gasteiger partial charge on any atom is -0.472 e. The zero-order valence-electron chi connectivity index (χ0n) is 9.49. The van der Waals surface area contributed by atoms with Gasteiger partial charge in [-0.1, -0.05) is 0 Å². The van der Waals surface area contributed by atoms with Gasteiger partial charge in [-0.2, -0.15) is 0 Å². The van der Waals surface area contributed by atoms with Gasteiger partial charge in [-0.15, -0.1) is 0 Å². The maximum absolute atomic E-state index is 13.6. The molecule has 1 radical (unpaired) electrons. The van der Waals surface area contributed by atoms with Crippen molar-refractivity contribution in [2.75, 3.05) is 24.6 Å². The Hall–Kier alpha value is -1.65. The summed E-state index contributed by atoms with van der Waals surface area (Å²) in [7, 11) is 0. The van der Waals surface area contributed by atoms with Crippen LogP contribution in [0.3, 0.4) is 0 Å². The summed E-state index contributed by atoms with van der Waals surface area (Å²) in [5.74, 6) is -1.13. The maximum Gasteiger partial charge on any atom is 0.273 e. The van der Waals surface area contributed by atoms with Crippen molar-refractivity contribution in [2.45, 2.75) is 13.0 Å². The van der Waals surface area contributed by atoms with Crippen molar-refractivity contribution < 1.29 is 13.5 Å². The topological polar surface area (TPSA) is 24.8 Å². The minimum absolute atomic E-state index is 0.0422. The minimum atomic E-state index is -0.571. The highest BCUT2D eigenvalue weighted by Crippen LogP contribution is 2.21. The zero-order chi connectivity index (χ0) is 12.3. The molecule has 0 saturated carbocycles. The SMILES string of the molecule is CCN(CC1CO[C]=N1)c1ccc(F)cc1F. The summed E-state index contributed by atoms with van der Waals surface area (Å²) >= 11 is 0. The van der Waals surface area contributed by atoms with Crippen LogP contribution in [0.5, 0.6) is 0 Å². The number of hydrogen-bond acceptors (Lipinski definition) is 3. The van der Waals surface area contributed by atoms with Crippen molar-refractivity contribution in [3.05, 3.63) is 29.8 Å². The Kier molecular flexibility index (Phi) is 3.56. The van der Waals surface area contributed by atoms with E-state index in [2.05, 4.69) is 11.4 Å². The Balaban J connectivity index is 2.13. The van der Waals surface area contributed by atoms with Gasteiger partial charge >= 0.3 is 0 Å². The number of likely N-dealkylation sites (N-methyl/N-ethyl adjacent to an activating group) is 1. The lowest BCUT2D eigenvalue weighted by molar-refractivity contribution is 0.328. The van der Waals surface area contributed by atoms with Crippen molar-refractivity contribution >= 4 is 12.1 Å². The number of aliphatic imine (C=N–C) groups is 1. The van der Waals surface area contributed by atoms with Crippen LogP contribution in [-0.2, 0) is 4.74 Å². The van der Waals surface area contributed by atoms with Crippen molar-refractivity contribution in [3.8, 4) is 0 Å². The highest BCUT2D eigenvalue weighted by molar-refractivity contribution is 5.51. The molecule has 1 atom stereocenters. The predicted molar refractivity (Wildman–Crippen MR) is 61.4 cm³/mol. The molecule has 0 N–H and O–H groups in total. The fourth-order valence-corrected chi connectivity index (χ4v) is 1.77. The number of ether oxygens (including phenoxy) is 1. The Morgan fingerprint density at radius 3 is 2.94 bits per heavy atom. The Morgan fingerprint density at radius 1 is 1.53 bits per heavy atom. The van der Waals surface area contributed by atoms with Crippen LogP contribution in [-0.4, -0.2) is 32.1 Å². The lowest BCUT2D eigenvalue weighted by Gasteiger charge is -2.25. The van der Waals surface area contributed by atoms with Crippen LogP contribution in [0.4, 0.5) is 14.5 Å². The van der Waals surface area contributed by atoms with E-state index in [1.807, 2.05) is 6.92 Å². The van der Waals surface area contributed by atoms with Gasteiger partial charge in [0.15, 0.2) is 0 Å². The zero-order valence-corrected chi connectivity index (χ0v) is 9.49. The van der Waals surface area contributed by atoms with Crippen LogP contribution in [0.1, 0.15) is 6.92 Å². The van der Waals surface area contributed by atoms with Gasteiger partial charge in [-0.05, 0) is 19.1 Å². The standard InChI is InChI=1S/C12H13F2N2O/c1-2-16(6-10-7-17-8-15-10)12-4-3-9(13)5-11(12)14/h3-5,10H,2,6-7H2,1H3. The molecule has 1 unspecified atom stereocenters. The van der Waals surface area contributed by atoms with E-state index in [1.165, 1.54) is 12.1 Å². The quantitative estimate of drug-likeness (QED) is 0.803. The number of hydrogen-bond donors (Lipinski definition) is 0. The summed E-state index contributed by atoms with van der Waals surface area (Å²) in [6.45, 7) is 3.52. The summed E-state index contributed by atoms with van der Waals surface area (Å²) in [5.41, 5.74) is 0.385. The summed E-state index contributed by atoms with van der Waals surface area (Å²) < 4.78 is 31.3. The number of benzene rings is 1. The molecule has 5 heteroatoms. The summed E-state index contributed by atoms with van der Waals surface area (Å²) in [6.07, 6.45) is 2.42. The van der Waals surface area contributed by atoms with Gasteiger partial charge in [-0.3, -0.25) is 0 Å². The normalized spacial score (nSPS) is 18.2. The number of nitrogens with zero attached hydrogens (tertiary/aromatic N) is 2. The molecular weight excluding hydrogens is 226 g/mol. The Bertz CT molecular complexity index is 423. The fourth-order valence-electron chi connectivity index (χ4n) is 1.77. The molecule has 1 heterocycles. The van der Waals surface area contributed by atoms with Gasteiger partial charge in [0, 0.05) is 19.2 Å². The summed E-state index contributed by atoms with van der Waals surface area (Å²) in [6, 6.07) is 3.54. The third-order valence-electron chi connectivity index (χ3n) is 2.64.